The molecule has 0 bridgehead atoms. The molecular weight excluding hydrogens is 423 g/mol. The highest BCUT2D eigenvalue weighted by Crippen LogP contribution is 2.33. The number of ether oxygens (including phenoxy) is 1. The van der Waals surface area contributed by atoms with E-state index in [2.05, 4.69) is 5.10 Å². The summed E-state index contributed by atoms with van der Waals surface area (Å²) in [7, 11) is 0. The first-order valence-corrected chi connectivity index (χ1v) is 9.93. The number of carbonyl (C=O) groups is 2. The summed E-state index contributed by atoms with van der Waals surface area (Å²) in [5.41, 5.74) is 2.28. The van der Waals surface area contributed by atoms with Crippen molar-refractivity contribution in [3.63, 3.8) is 0 Å². The molecule has 0 spiro atoms. The van der Waals surface area contributed by atoms with E-state index in [1.165, 1.54) is 23.4 Å². The zero-order valence-electron chi connectivity index (χ0n) is 16.5. The third-order valence-corrected chi connectivity index (χ3v) is 5.23. The fraction of sp³-hybridized carbons (Fsp3) is 0.174. The van der Waals surface area contributed by atoms with Crippen molar-refractivity contribution in [2.45, 2.75) is 19.4 Å². The molecule has 1 aromatic heterocycles. The lowest BCUT2D eigenvalue weighted by molar-refractivity contribution is -0.136. The second kappa shape index (κ2) is 8.73. The van der Waals surface area contributed by atoms with Crippen LogP contribution in [0.3, 0.4) is 0 Å². The van der Waals surface area contributed by atoms with Crippen LogP contribution >= 0.6 is 11.6 Å². The molecule has 8 heteroatoms. The van der Waals surface area contributed by atoms with E-state index >= 15 is 0 Å². The molecular formula is C23H18ClFN2O4. The van der Waals surface area contributed by atoms with Crippen molar-refractivity contribution in [3.8, 4) is 0 Å². The molecule has 2 heterocycles. The molecule has 0 saturated heterocycles. The molecule has 1 aliphatic heterocycles. The van der Waals surface area contributed by atoms with Crippen molar-refractivity contribution in [1.82, 2.24) is 5.01 Å². The number of hydrazone groups is 1. The number of benzene rings is 2. The van der Waals surface area contributed by atoms with Gasteiger partial charge in [0.2, 0.25) is 0 Å². The Morgan fingerprint density at radius 3 is 2.65 bits per heavy atom. The van der Waals surface area contributed by atoms with Gasteiger partial charge in [0.05, 0.1) is 17.0 Å². The number of esters is 1. The molecule has 6 nitrogen and oxygen atoms in total. The number of rotatable bonds is 5. The van der Waals surface area contributed by atoms with E-state index in [1.807, 2.05) is 31.2 Å². The Morgan fingerprint density at radius 1 is 1.19 bits per heavy atom. The van der Waals surface area contributed by atoms with Gasteiger partial charge >= 0.3 is 5.97 Å². The maximum Gasteiger partial charge on any atom is 0.343 e. The number of amides is 1. The molecule has 0 N–H and O–H groups in total. The van der Waals surface area contributed by atoms with Crippen LogP contribution in [0.5, 0.6) is 0 Å². The molecule has 0 aliphatic carbocycles. The molecule has 4 rings (SSSR count). The standard InChI is InChI=1S/C23H18ClFN2O4/c1-14-7-9-15(10-8-14)18-12-19(20-6-3-11-30-20)27(26-18)21(28)13-31-23(29)22-16(24)4-2-5-17(22)25/h2-11,19H,12-13H2,1H3. The SMILES string of the molecule is Cc1ccc(C2=NN(C(=O)COC(=O)c3c(F)cccc3Cl)C(c3ccco3)C2)cc1. The molecule has 1 amide bonds. The number of halogens is 2. The summed E-state index contributed by atoms with van der Waals surface area (Å²) in [4.78, 5) is 25.1. The number of hydrogen-bond acceptors (Lipinski definition) is 5. The average molecular weight is 441 g/mol. The lowest BCUT2D eigenvalue weighted by Crippen LogP contribution is -2.31. The summed E-state index contributed by atoms with van der Waals surface area (Å²) in [5.74, 6) is -1.85. The van der Waals surface area contributed by atoms with Gasteiger partial charge in [-0.1, -0.05) is 47.5 Å². The second-order valence-corrected chi connectivity index (χ2v) is 7.47. The molecule has 2 aromatic carbocycles. The van der Waals surface area contributed by atoms with Gasteiger partial charge in [-0.2, -0.15) is 5.10 Å². The Morgan fingerprint density at radius 2 is 1.97 bits per heavy atom. The highest BCUT2D eigenvalue weighted by Gasteiger charge is 2.35. The van der Waals surface area contributed by atoms with Gasteiger partial charge in [0, 0.05) is 6.42 Å². The Balaban J connectivity index is 1.53. The van der Waals surface area contributed by atoms with E-state index in [0.717, 1.165) is 17.2 Å². The van der Waals surface area contributed by atoms with E-state index in [1.54, 1.807) is 12.1 Å². The van der Waals surface area contributed by atoms with Crippen molar-refractivity contribution in [1.29, 1.82) is 0 Å². The second-order valence-electron chi connectivity index (χ2n) is 7.06. The van der Waals surface area contributed by atoms with Crippen molar-refractivity contribution in [3.05, 3.63) is 94.2 Å². The van der Waals surface area contributed by atoms with Gasteiger partial charge in [-0.15, -0.1) is 0 Å². The third-order valence-electron chi connectivity index (χ3n) is 4.92. The maximum atomic E-state index is 13.9. The van der Waals surface area contributed by atoms with Gasteiger partial charge in [-0.3, -0.25) is 4.79 Å². The van der Waals surface area contributed by atoms with Crippen molar-refractivity contribution >= 4 is 29.2 Å². The summed E-state index contributed by atoms with van der Waals surface area (Å²) >= 11 is 5.89. The van der Waals surface area contributed by atoms with Crippen LogP contribution in [-0.2, 0) is 9.53 Å². The highest BCUT2D eigenvalue weighted by atomic mass is 35.5. The smallest absolute Gasteiger partial charge is 0.343 e. The van der Waals surface area contributed by atoms with E-state index in [4.69, 9.17) is 20.8 Å². The van der Waals surface area contributed by atoms with Crippen LogP contribution in [0.1, 0.15) is 39.7 Å². The third kappa shape index (κ3) is 4.36. The fourth-order valence-electron chi connectivity index (χ4n) is 3.32. The zero-order chi connectivity index (χ0) is 22.0. The van der Waals surface area contributed by atoms with E-state index in [-0.39, 0.29) is 5.02 Å². The normalized spacial score (nSPS) is 15.6. The molecule has 1 unspecified atom stereocenters. The van der Waals surface area contributed by atoms with Crippen LogP contribution in [-0.4, -0.2) is 29.2 Å². The largest absolute Gasteiger partial charge is 0.467 e. The van der Waals surface area contributed by atoms with Crippen LogP contribution in [0.2, 0.25) is 5.02 Å². The molecule has 158 valence electrons. The Labute approximate surface area is 182 Å². The van der Waals surface area contributed by atoms with Crippen molar-refractivity contribution in [2.75, 3.05) is 6.61 Å². The molecule has 31 heavy (non-hydrogen) atoms. The van der Waals surface area contributed by atoms with Crippen LogP contribution in [0, 0.1) is 12.7 Å². The van der Waals surface area contributed by atoms with Gasteiger partial charge < -0.3 is 9.15 Å². The van der Waals surface area contributed by atoms with Crippen LogP contribution in [0.25, 0.3) is 0 Å². The first-order valence-electron chi connectivity index (χ1n) is 9.55. The van der Waals surface area contributed by atoms with Gasteiger partial charge in [0.15, 0.2) is 6.61 Å². The van der Waals surface area contributed by atoms with Gasteiger partial charge in [-0.25, -0.2) is 14.2 Å². The predicted octanol–water partition coefficient (Wildman–Crippen LogP) is 4.92. The highest BCUT2D eigenvalue weighted by molar-refractivity contribution is 6.33. The molecule has 0 fully saturated rings. The monoisotopic (exact) mass is 440 g/mol. The minimum absolute atomic E-state index is 0.0910. The zero-order valence-corrected chi connectivity index (χ0v) is 17.3. The first kappa shape index (κ1) is 20.8. The molecule has 1 atom stereocenters. The Hall–Kier alpha value is -3.45. The first-order chi connectivity index (χ1) is 14.9. The van der Waals surface area contributed by atoms with Crippen LogP contribution in [0.15, 0.2) is 70.4 Å². The van der Waals surface area contributed by atoms with E-state index in [0.29, 0.717) is 17.9 Å². The van der Waals surface area contributed by atoms with Gasteiger partial charge in [0.1, 0.15) is 23.2 Å². The number of nitrogens with zero attached hydrogens (tertiary/aromatic N) is 2. The summed E-state index contributed by atoms with van der Waals surface area (Å²) in [5, 5.41) is 5.61. The summed E-state index contributed by atoms with van der Waals surface area (Å²) < 4.78 is 24.4. The number of carbonyl (C=O) groups excluding carboxylic acids is 2. The minimum Gasteiger partial charge on any atom is -0.467 e. The molecule has 3 aromatic rings. The van der Waals surface area contributed by atoms with Crippen LogP contribution in [0.4, 0.5) is 4.39 Å². The summed E-state index contributed by atoms with van der Waals surface area (Å²) in [6.07, 6.45) is 1.96. The van der Waals surface area contributed by atoms with E-state index < -0.39 is 35.9 Å². The quantitative estimate of drug-likeness (QED) is 0.528. The lowest BCUT2D eigenvalue weighted by atomic mass is 10.0. The lowest BCUT2D eigenvalue weighted by Gasteiger charge is -2.19. The van der Waals surface area contributed by atoms with Gasteiger partial charge in [0.25, 0.3) is 5.91 Å². The Kier molecular flexibility index (Phi) is 5.86. The summed E-state index contributed by atoms with van der Waals surface area (Å²) in [6, 6.07) is 14.6. The maximum absolute atomic E-state index is 13.9. The topological polar surface area (TPSA) is 72.1 Å². The predicted molar refractivity (Wildman–Crippen MR) is 112 cm³/mol. The van der Waals surface area contributed by atoms with Crippen molar-refractivity contribution < 1.29 is 23.1 Å². The van der Waals surface area contributed by atoms with Crippen LogP contribution < -0.4 is 0 Å². The molecule has 1 aliphatic rings. The fourth-order valence-corrected chi connectivity index (χ4v) is 3.56. The van der Waals surface area contributed by atoms with Crippen molar-refractivity contribution in [2.24, 2.45) is 5.10 Å². The molecule has 0 radical (unpaired) electrons. The van der Waals surface area contributed by atoms with Gasteiger partial charge in [-0.05, 0) is 36.8 Å². The number of furan rings is 1. The summed E-state index contributed by atoms with van der Waals surface area (Å²) in [6.45, 7) is 1.36. The molecule has 0 saturated carbocycles. The number of aryl methyl sites for hydroxylation is 1. The minimum atomic E-state index is -1.02. The number of hydrogen-bond donors (Lipinski definition) is 0. The average Bonchev–Trinajstić information content (AvgIpc) is 3.42. The van der Waals surface area contributed by atoms with E-state index in [9.17, 15) is 14.0 Å². The Bertz CT molecular complexity index is 1120.